The number of nitrogens with one attached hydrogen (secondary N) is 1. The molecule has 0 heterocycles. The fraction of sp³-hybridized carbons (Fsp3) is 0.143. The lowest BCUT2D eigenvalue weighted by Crippen LogP contribution is -2.13. The van der Waals surface area contributed by atoms with Crippen molar-refractivity contribution in [2.45, 2.75) is 16.7 Å². The van der Waals surface area contributed by atoms with Crippen LogP contribution in [0.2, 0.25) is 0 Å². The third kappa shape index (κ3) is 3.63. The summed E-state index contributed by atoms with van der Waals surface area (Å²) in [5.74, 6) is -0.521. The summed E-state index contributed by atoms with van der Waals surface area (Å²) in [5, 5.41) is 0. The molecule has 0 bridgehead atoms. The van der Waals surface area contributed by atoms with Crippen LogP contribution in [0.3, 0.4) is 0 Å². The number of rotatable bonds is 4. The minimum absolute atomic E-state index is 0.0211. The van der Waals surface area contributed by atoms with E-state index in [0.29, 0.717) is 5.56 Å². The zero-order valence-corrected chi connectivity index (χ0v) is 13.5. The molecular formula is C14H14FNO4S2. The second-order valence-electron chi connectivity index (χ2n) is 4.81. The van der Waals surface area contributed by atoms with Crippen LogP contribution in [0, 0.1) is 12.7 Å². The number of halogens is 1. The maximum atomic E-state index is 13.4. The molecule has 0 aliphatic heterocycles. The first-order valence-corrected chi connectivity index (χ1v) is 9.56. The van der Waals surface area contributed by atoms with Gasteiger partial charge < -0.3 is 0 Å². The zero-order valence-electron chi connectivity index (χ0n) is 11.9. The minimum Gasteiger partial charge on any atom is -0.280 e. The van der Waals surface area contributed by atoms with Crippen molar-refractivity contribution in [3.63, 3.8) is 0 Å². The Kier molecular flexibility index (Phi) is 4.25. The van der Waals surface area contributed by atoms with E-state index in [9.17, 15) is 21.2 Å². The average Bonchev–Trinajstić information content (AvgIpc) is 2.42. The molecule has 0 unspecified atom stereocenters. The molecule has 2 rings (SSSR count). The van der Waals surface area contributed by atoms with Gasteiger partial charge in [0.25, 0.3) is 10.0 Å². The van der Waals surface area contributed by atoms with E-state index < -0.39 is 25.7 Å². The summed E-state index contributed by atoms with van der Waals surface area (Å²) in [6, 6.07) is 8.77. The van der Waals surface area contributed by atoms with E-state index in [1.54, 1.807) is 6.92 Å². The number of anilines is 1. The van der Waals surface area contributed by atoms with Crippen molar-refractivity contribution in [2.75, 3.05) is 11.0 Å². The van der Waals surface area contributed by atoms with Crippen LogP contribution in [-0.2, 0) is 19.9 Å². The van der Waals surface area contributed by atoms with Crippen molar-refractivity contribution in [1.82, 2.24) is 0 Å². The van der Waals surface area contributed by atoms with E-state index in [4.69, 9.17) is 0 Å². The van der Waals surface area contributed by atoms with Gasteiger partial charge in [-0.15, -0.1) is 0 Å². The number of aryl methyl sites for hydroxylation is 1. The summed E-state index contributed by atoms with van der Waals surface area (Å²) in [6.07, 6.45) is 1.03. The molecule has 0 saturated carbocycles. The van der Waals surface area contributed by atoms with Crippen molar-refractivity contribution < 1.29 is 21.2 Å². The summed E-state index contributed by atoms with van der Waals surface area (Å²) < 4.78 is 62.7. The van der Waals surface area contributed by atoms with Crippen molar-refractivity contribution >= 4 is 25.5 Å². The van der Waals surface area contributed by atoms with Crippen LogP contribution in [0.15, 0.2) is 52.3 Å². The van der Waals surface area contributed by atoms with E-state index in [2.05, 4.69) is 4.72 Å². The van der Waals surface area contributed by atoms with Gasteiger partial charge in [0.2, 0.25) is 0 Å². The fourth-order valence-electron chi connectivity index (χ4n) is 1.74. The highest BCUT2D eigenvalue weighted by atomic mass is 32.2. The summed E-state index contributed by atoms with van der Waals surface area (Å²) in [6.45, 7) is 1.57. The number of sulfone groups is 1. The topological polar surface area (TPSA) is 80.3 Å². The monoisotopic (exact) mass is 343 g/mol. The third-order valence-electron chi connectivity index (χ3n) is 2.99. The zero-order chi connectivity index (χ0) is 16.5. The van der Waals surface area contributed by atoms with Crippen LogP contribution in [0.25, 0.3) is 0 Å². The number of hydrogen-bond acceptors (Lipinski definition) is 4. The van der Waals surface area contributed by atoms with Crippen molar-refractivity contribution in [1.29, 1.82) is 0 Å². The van der Waals surface area contributed by atoms with E-state index in [1.807, 2.05) is 0 Å². The first kappa shape index (κ1) is 16.4. The molecule has 0 amide bonds. The predicted octanol–water partition coefficient (Wildman–Crippen LogP) is 2.34. The molecule has 0 saturated heterocycles. The van der Waals surface area contributed by atoms with Crippen LogP contribution in [0.5, 0.6) is 0 Å². The Hall–Kier alpha value is -1.93. The maximum absolute atomic E-state index is 13.4. The van der Waals surface area contributed by atoms with Gasteiger partial charge >= 0.3 is 0 Å². The standard InChI is InChI=1S/C14H14FNO4S2/c1-10-3-4-11(9-14(10)15)16-22(19,20)13-7-5-12(6-8-13)21(2,17)18/h3-9,16H,1-2H3. The van der Waals surface area contributed by atoms with Crippen LogP contribution in [0.4, 0.5) is 10.1 Å². The van der Waals surface area contributed by atoms with Gasteiger partial charge in [-0.1, -0.05) is 6.07 Å². The van der Waals surface area contributed by atoms with Gasteiger partial charge in [0.15, 0.2) is 9.84 Å². The first-order chi connectivity index (χ1) is 10.1. The Morgan fingerprint density at radius 2 is 1.45 bits per heavy atom. The molecule has 0 aromatic heterocycles. The van der Waals surface area contributed by atoms with Crippen molar-refractivity contribution in [2.24, 2.45) is 0 Å². The van der Waals surface area contributed by atoms with Gasteiger partial charge in [-0.3, -0.25) is 4.72 Å². The predicted molar refractivity (Wildman–Crippen MR) is 81.5 cm³/mol. The molecule has 22 heavy (non-hydrogen) atoms. The average molecular weight is 343 g/mol. The second-order valence-corrected chi connectivity index (χ2v) is 8.51. The van der Waals surface area contributed by atoms with Gasteiger partial charge in [-0.2, -0.15) is 0 Å². The molecule has 0 atom stereocenters. The van der Waals surface area contributed by atoms with Crippen LogP contribution < -0.4 is 4.72 Å². The van der Waals surface area contributed by atoms with Gasteiger partial charge in [0.1, 0.15) is 5.82 Å². The highest BCUT2D eigenvalue weighted by molar-refractivity contribution is 7.92. The minimum atomic E-state index is -3.92. The SMILES string of the molecule is Cc1ccc(NS(=O)(=O)c2ccc(S(C)(=O)=O)cc2)cc1F. The molecule has 2 aromatic rings. The Morgan fingerprint density at radius 3 is 1.95 bits per heavy atom. The Morgan fingerprint density at radius 1 is 0.909 bits per heavy atom. The molecule has 2 aromatic carbocycles. The lowest BCUT2D eigenvalue weighted by molar-refractivity contribution is 0.597. The van der Waals surface area contributed by atoms with Crippen LogP contribution in [-0.4, -0.2) is 23.1 Å². The van der Waals surface area contributed by atoms with Crippen molar-refractivity contribution in [3.05, 3.63) is 53.8 Å². The van der Waals surface area contributed by atoms with Crippen molar-refractivity contribution in [3.8, 4) is 0 Å². The highest BCUT2D eigenvalue weighted by Crippen LogP contribution is 2.20. The second kappa shape index (κ2) is 5.69. The van der Waals surface area contributed by atoms with Gasteiger partial charge in [-0.05, 0) is 48.9 Å². The maximum Gasteiger partial charge on any atom is 0.261 e. The summed E-state index contributed by atoms with van der Waals surface area (Å²) in [5.41, 5.74) is 0.496. The number of benzene rings is 2. The molecule has 5 nitrogen and oxygen atoms in total. The fourth-order valence-corrected chi connectivity index (χ4v) is 3.42. The molecular weight excluding hydrogens is 329 g/mol. The smallest absolute Gasteiger partial charge is 0.261 e. The quantitative estimate of drug-likeness (QED) is 0.924. The van der Waals surface area contributed by atoms with Gasteiger partial charge in [-0.25, -0.2) is 21.2 Å². The summed E-state index contributed by atoms with van der Waals surface area (Å²) in [7, 11) is -7.32. The molecule has 0 fully saturated rings. The summed E-state index contributed by atoms with van der Waals surface area (Å²) in [4.78, 5) is -0.0892. The summed E-state index contributed by atoms with van der Waals surface area (Å²) >= 11 is 0. The Labute approximate surface area is 128 Å². The lowest BCUT2D eigenvalue weighted by atomic mass is 10.2. The van der Waals surface area contributed by atoms with E-state index in [-0.39, 0.29) is 15.5 Å². The largest absolute Gasteiger partial charge is 0.280 e. The number of hydrogen-bond donors (Lipinski definition) is 1. The molecule has 0 aliphatic rings. The Bertz CT molecular complexity index is 904. The van der Waals surface area contributed by atoms with E-state index in [0.717, 1.165) is 12.3 Å². The van der Waals surface area contributed by atoms with E-state index in [1.165, 1.54) is 36.4 Å². The van der Waals surface area contributed by atoms with Gasteiger partial charge in [0, 0.05) is 6.26 Å². The molecule has 118 valence electrons. The van der Waals surface area contributed by atoms with Crippen LogP contribution >= 0.6 is 0 Å². The molecule has 0 radical (unpaired) electrons. The van der Waals surface area contributed by atoms with Gasteiger partial charge in [0.05, 0.1) is 15.5 Å². The Balaban J connectivity index is 2.32. The number of sulfonamides is 1. The first-order valence-electron chi connectivity index (χ1n) is 6.19. The van der Waals surface area contributed by atoms with Crippen LogP contribution in [0.1, 0.15) is 5.56 Å². The van der Waals surface area contributed by atoms with E-state index >= 15 is 0 Å². The molecule has 1 N–H and O–H groups in total. The molecule has 0 spiro atoms. The molecule has 8 heteroatoms. The normalized spacial score (nSPS) is 12.1. The third-order valence-corrected chi connectivity index (χ3v) is 5.51. The highest BCUT2D eigenvalue weighted by Gasteiger charge is 2.16. The molecule has 0 aliphatic carbocycles. The lowest BCUT2D eigenvalue weighted by Gasteiger charge is -2.09.